The Balaban J connectivity index is 2.24. The van der Waals surface area contributed by atoms with Gasteiger partial charge in [-0.1, -0.05) is 24.3 Å². The van der Waals surface area contributed by atoms with Crippen molar-refractivity contribution in [2.45, 2.75) is 17.9 Å². The molecule has 0 fully saturated rings. The van der Waals surface area contributed by atoms with Gasteiger partial charge in [0, 0.05) is 6.04 Å². The normalized spacial score (nSPS) is 12.7. The fourth-order valence-electron chi connectivity index (χ4n) is 2.09. The van der Waals surface area contributed by atoms with Gasteiger partial charge in [0.05, 0.1) is 19.1 Å². The highest BCUT2D eigenvalue weighted by molar-refractivity contribution is 7.89. The van der Waals surface area contributed by atoms with E-state index < -0.39 is 16.1 Å². The van der Waals surface area contributed by atoms with E-state index in [1.54, 1.807) is 69.7 Å². The minimum absolute atomic E-state index is 0.238. The zero-order valence-corrected chi connectivity index (χ0v) is 13.6. The van der Waals surface area contributed by atoms with Crippen molar-refractivity contribution in [2.24, 2.45) is 0 Å². The first-order chi connectivity index (χ1) is 10.5. The van der Waals surface area contributed by atoms with Crippen molar-refractivity contribution >= 4 is 10.0 Å². The lowest BCUT2D eigenvalue weighted by atomic mass is 10.1. The molecule has 0 spiro atoms. The summed E-state index contributed by atoms with van der Waals surface area (Å²) in [5, 5.41) is 0. The highest BCUT2D eigenvalue weighted by Gasteiger charge is 2.19. The summed E-state index contributed by atoms with van der Waals surface area (Å²) in [5.41, 5.74) is 0.789. The third-order valence-electron chi connectivity index (χ3n) is 3.29. The average molecular weight is 321 g/mol. The van der Waals surface area contributed by atoms with Crippen LogP contribution >= 0.6 is 0 Å². The van der Waals surface area contributed by atoms with Gasteiger partial charge in [-0.3, -0.25) is 0 Å². The Kier molecular flexibility index (Phi) is 5.05. The summed E-state index contributed by atoms with van der Waals surface area (Å²) < 4.78 is 37.7. The number of ether oxygens (including phenoxy) is 2. The van der Waals surface area contributed by atoms with Gasteiger partial charge in [-0.2, -0.15) is 0 Å². The Labute approximate surface area is 130 Å². The van der Waals surface area contributed by atoms with Gasteiger partial charge in [0.2, 0.25) is 10.0 Å². The molecule has 0 unspecified atom stereocenters. The third-order valence-corrected chi connectivity index (χ3v) is 4.85. The van der Waals surface area contributed by atoms with Crippen molar-refractivity contribution in [2.75, 3.05) is 14.2 Å². The summed E-state index contributed by atoms with van der Waals surface area (Å²) in [4.78, 5) is 0.238. The lowest BCUT2D eigenvalue weighted by Crippen LogP contribution is -2.26. The van der Waals surface area contributed by atoms with Gasteiger partial charge in [0.1, 0.15) is 0 Å². The third kappa shape index (κ3) is 3.58. The van der Waals surface area contributed by atoms with E-state index in [4.69, 9.17) is 9.47 Å². The molecule has 2 rings (SSSR count). The highest BCUT2D eigenvalue weighted by Crippen LogP contribution is 2.30. The molecule has 22 heavy (non-hydrogen) atoms. The van der Waals surface area contributed by atoms with E-state index in [1.165, 1.54) is 0 Å². The number of hydrogen-bond donors (Lipinski definition) is 1. The topological polar surface area (TPSA) is 64.6 Å². The number of methoxy groups -OCH3 is 2. The first-order valence-corrected chi connectivity index (χ1v) is 8.25. The molecule has 1 N–H and O–H groups in total. The zero-order chi connectivity index (χ0) is 16.2. The maximum Gasteiger partial charge on any atom is 0.241 e. The van der Waals surface area contributed by atoms with Crippen LogP contribution in [0.1, 0.15) is 18.5 Å². The standard InChI is InChI=1S/C16H19NO4S/c1-12(13-9-10-15(20-2)16(11-13)21-3)17-22(18,19)14-7-5-4-6-8-14/h4-12,17H,1-3H3/t12-/m1/s1. The molecule has 0 amide bonds. The predicted molar refractivity (Wildman–Crippen MR) is 84.7 cm³/mol. The van der Waals surface area contributed by atoms with Gasteiger partial charge in [-0.15, -0.1) is 0 Å². The van der Waals surface area contributed by atoms with E-state index >= 15 is 0 Å². The van der Waals surface area contributed by atoms with Crippen molar-refractivity contribution in [3.63, 3.8) is 0 Å². The number of rotatable bonds is 6. The summed E-state index contributed by atoms with van der Waals surface area (Å²) in [7, 11) is -0.468. The summed E-state index contributed by atoms with van der Waals surface area (Å²) in [5.74, 6) is 1.16. The molecule has 118 valence electrons. The van der Waals surface area contributed by atoms with Gasteiger partial charge < -0.3 is 9.47 Å². The molecule has 2 aromatic carbocycles. The Morgan fingerprint density at radius 3 is 2.18 bits per heavy atom. The van der Waals surface area contributed by atoms with Crippen LogP contribution in [-0.2, 0) is 10.0 Å². The van der Waals surface area contributed by atoms with Crippen LogP contribution in [0.3, 0.4) is 0 Å². The van der Waals surface area contributed by atoms with Gasteiger partial charge >= 0.3 is 0 Å². The minimum atomic E-state index is -3.56. The fourth-order valence-corrected chi connectivity index (χ4v) is 3.34. The average Bonchev–Trinajstić information content (AvgIpc) is 2.54. The van der Waals surface area contributed by atoms with E-state index in [1.807, 2.05) is 0 Å². The molecule has 0 aromatic heterocycles. The molecule has 5 nitrogen and oxygen atoms in total. The summed E-state index contributed by atoms with van der Waals surface area (Å²) in [6.07, 6.45) is 0. The molecule has 0 aliphatic carbocycles. The van der Waals surface area contributed by atoms with Crippen LogP contribution in [-0.4, -0.2) is 22.6 Å². The molecule has 0 saturated carbocycles. The van der Waals surface area contributed by atoms with Crippen molar-refractivity contribution in [3.8, 4) is 11.5 Å². The molecular formula is C16H19NO4S. The van der Waals surface area contributed by atoms with Crippen LogP contribution in [0, 0.1) is 0 Å². The van der Waals surface area contributed by atoms with Crippen LogP contribution in [0.4, 0.5) is 0 Å². The molecule has 0 aliphatic rings. The monoisotopic (exact) mass is 321 g/mol. The predicted octanol–water partition coefficient (Wildman–Crippen LogP) is 2.74. The van der Waals surface area contributed by atoms with Crippen LogP contribution in [0.2, 0.25) is 0 Å². The molecule has 6 heteroatoms. The molecular weight excluding hydrogens is 302 g/mol. The molecule has 0 bridgehead atoms. The molecule has 0 aliphatic heterocycles. The van der Waals surface area contributed by atoms with Gasteiger partial charge in [0.25, 0.3) is 0 Å². The van der Waals surface area contributed by atoms with E-state index in [0.29, 0.717) is 11.5 Å². The van der Waals surface area contributed by atoms with Crippen molar-refractivity contribution in [1.82, 2.24) is 4.72 Å². The number of hydrogen-bond acceptors (Lipinski definition) is 4. The summed E-state index contributed by atoms with van der Waals surface area (Å²) >= 11 is 0. The molecule has 2 aromatic rings. The second-order valence-corrected chi connectivity index (χ2v) is 6.48. The van der Waals surface area contributed by atoms with Gasteiger partial charge in [-0.05, 0) is 36.8 Å². The van der Waals surface area contributed by atoms with E-state index in [9.17, 15) is 8.42 Å². The van der Waals surface area contributed by atoms with E-state index in [-0.39, 0.29) is 4.90 Å². The number of sulfonamides is 1. The number of nitrogens with one attached hydrogen (secondary N) is 1. The van der Waals surface area contributed by atoms with Crippen LogP contribution in [0.15, 0.2) is 53.4 Å². The smallest absolute Gasteiger partial charge is 0.241 e. The van der Waals surface area contributed by atoms with Crippen molar-refractivity contribution in [3.05, 3.63) is 54.1 Å². The zero-order valence-electron chi connectivity index (χ0n) is 12.7. The fraction of sp³-hybridized carbons (Fsp3) is 0.250. The first kappa shape index (κ1) is 16.3. The Hall–Kier alpha value is -2.05. The summed E-state index contributed by atoms with van der Waals surface area (Å²) in [6.45, 7) is 1.78. The molecule has 0 saturated heterocycles. The molecule has 0 radical (unpaired) electrons. The first-order valence-electron chi connectivity index (χ1n) is 6.77. The highest BCUT2D eigenvalue weighted by atomic mass is 32.2. The molecule has 0 heterocycles. The van der Waals surface area contributed by atoms with Crippen LogP contribution in [0.5, 0.6) is 11.5 Å². The maximum atomic E-state index is 12.3. The minimum Gasteiger partial charge on any atom is -0.493 e. The van der Waals surface area contributed by atoms with E-state index in [0.717, 1.165) is 5.56 Å². The molecule has 1 atom stereocenters. The lowest BCUT2D eigenvalue weighted by Gasteiger charge is -2.16. The maximum absolute atomic E-state index is 12.3. The second-order valence-electron chi connectivity index (χ2n) is 4.77. The van der Waals surface area contributed by atoms with E-state index in [2.05, 4.69) is 4.72 Å². The SMILES string of the molecule is COc1ccc([C@@H](C)NS(=O)(=O)c2ccccc2)cc1OC. The Morgan fingerprint density at radius 2 is 1.59 bits per heavy atom. The number of benzene rings is 2. The largest absolute Gasteiger partial charge is 0.493 e. The van der Waals surface area contributed by atoms with Crippen LogP contribution < -0.4 is 14.2 Å². The van der Waals surface area contributed by atoms with Gasteiger partial charge in [-0.25, -0.2) is 13.1 Å². The van der Waals surface area contributed by atoms with Crippen molar-refractivity contribution in [1.29, 1.82) is 0 Å². The second kappa shape index (κ2) is 6.81. The van der Waals surface area contributed by atoms with Crippen molar-refractivity contribution < 1.29 is 17.9 Å². The Morgan fingerprint density at radius 1 is 0.955 bits per heavy atom. The van der Waals surface area contributed by atoms with Crippen LogP contribution in [0.25, 0.3) is 0 Å². The quantitative estimate of drug-likeness (QED) is 0.888. The summed E-state index contributed by atoms with van der Waals surface area (Å²) in [6, 6.07) is 13.2. The Bertz CT molecular complexity index is 729. The van der Waals surface area contributed by atoms with Gasteiger partial charge in [0.15, 0.2) is 11.5 Å². The lowest BCUT2D eigenvalue weighted by molar-refractivity contribution is 0.354.